The molecule has 3 heterocycles. The fourth-order valence-electron chi connectivity index (χ4n) is 2.82. The highest BCUT2D eigenvalue weighted by atomic mass is 32.1. The molecule has 0 bridgehead atoms. The Morgan fingerprint density at radius 1 is 1.57 bits per heavy atom. The molecule has 0 saturated carbocycles. The maximum absolute atomic E-state index is 4.78. The van der Waals surface area contributed by atoms with Crippen LogP contribution in [0.5, 0.6) is 0 Å². The average Bonchev–Trinajstić information content (AvgIpc) is 3.04. The number of guanidine groups is 1. The molecule has 0 spiro atoms. The number of likely N-dealkylation sites (tertiary alicyclic amines) is 1. The second-order valence-corrected chi connectivity index (χ2v) is 6.56. The first-order valence-corrected chi connectivity index (χ1v) is 8.58. The molecule has 0 radical (unpaired) electrons. The van der Waals surface area contributed by atoms with Gasteiger partial charge in [-0.05, 0) is 25.7 Å². The van der Waals surface area contributed by atoms with Crippen molar-refractivity contribution in [2.45, 2.75) is 33.2 Å². The minimum absolute atomic E-state index is 0.640. The van der Waals surface area contributed by atoms with Gasteiger partial charge in [-0.2, -0.15) is 0 Å². The van der Waals surface area contributed by atoms with E-state index in [1.807, 2.05) is 6.20 Å². The molecular weight excluding hydrogens is 282 g/mol. The van der Waals surface area contributed by atoms with Crippen molar-refractivity contribution in [1.82, 2.24) is 19.6 Å². The number of aromatic nitrogens is 2. The lowest BCUT2D eigenvalue weighted by Crippen LogP contribution is -2.46. The number of nitrogens with zero attached hydrogens (tertiary/aromatic N) is 4. The molecule has 3 rings (SSSR count). The summed E-state index contributed by atoms with van der Waals surface area (Å²) in [5, 5.41) is 5.46. The largest absolute Gasteiger partial charge is 0.357 e. The zero-order valence-electron chi connectivity index (χ0n) is 12.7. The van der Waals surface area contributed by atoms with E-state index in [1.54, 1.807) is 11.3 Å². The lowest BCUT2D eigenvalue weighted by atomic mass is 10.0. The van der Waals surface area contributed by atoms with Gasteiger partial charge in [-0.3, -0.25) is 4.40 Å². The van der Waals surface area contributed by atoms with Gasteiger partial charge in [-0.25, -0.2) is 9.98 Å². The third kappa shape index (κ3) is 3.37. The zero-order valence-corrected chi connectivity index (χ0v) is 13.6. The van der Waals surface area contributed by atoms with Gasteiger partial charge in [0, 0.05) is 37.4 Å². The maximum atomic E-state index is 4.78. The molecule has 2 aromatic rings. The van der Waals surface area contributed by atoms with E-state index in [0.29, 0.717) is 6.54 Å². The van der Waals surface area contributed by atoms with Crippen LogP contribution in [-0.4, -0.2) is 39.9 Å². The molecule has 2 aromatic heterocycles. The fraction of sp³-hybridized carbons (Fsp3) is 0.600. The standard InChI is InChI=1S/C15H23N5S/c1-3-16-14(19-6-4-5-12(2)10-19)17-9-13-11-20-7-8-21-15(20)18-13/h7-8,11-12H,3-6,9-10H2,1-2H3,(H,16,17). The van der Waals surface area contributed by atoms with Crippen molar-refractivity contribution in [2.75, 3.05) is 19.6 Å². The summed E-state index contributed by atoms with van der Waals surface area (Å²) in [5.41, 5.74) is 1.03. The summed E-state index contributed by atoms with van der Waals surface area (Å²) < 4.78 is 2.06. The topological polar surface area (TPSA) is 44.9 Å². The number of hydrogen-bond donors (Lipinski definition) is 1. The molecule has 114 valence electrons. The second kappa shape index (κ2) is 6.47. The number of aliphatic imine (C=N–C) groups is 1. The Morgan fingerprint density at radius 3 is 3.24 bits per heavy atom. The van der Waals surface area contributed by atoms with E-state index in [4.69, 9.17) is 4.99 Å². The highest BCUT2D eigenvalue weighted by molar-refractivity contribution is 7.15. The van der Waals surface area contributed by atoms with Crippen LogP contribution >= 0.6 is 11.3 Å². The Kier molecular flexibility index (Phi) is 4.43. The molecule has 1 atom stereocenters. The summed E-state index contributed by atoms with van der Waals surface area (Å²) in [7, 11) is 0. The lowest BCUT2D eigenvalue weighted by molar-refractivity contribution is 0.266. The zero-order chi connectivity index (χ0) is 14.7. The van der Waals surface area contributed by atoms with E-state index >= 15 is 0 Å². The average molecular weight is 305 g/mol. The van der Waals surface area contributed by atoms with Gasteiger partial charge in [0.25, 0.3) is 0 Å². The van der Waals surface area contributed by atoms with Gasteiger partial charge in [-0.15, -0.1) is 11.3 Å². The number of rotatable bonds is 3. The highest BCUT2D eigenvalue weighted by Gasteiger charge is 2.19. The fourth-order valence-corrected chi connectivity index (χ4v) is 3.53. The normalized spacial score (nSPS) is 20.2. The Bertz CT molecular complexity index is 586. The van der Waals surface area contributed by atoms with Crippen LogP contribution < -0.4 is 5.32 Å². The third-order valence-corrected chi connectivity index (χ3v) is 4.60. The molecule has 6 heteroatoms. The van der Waals surface area contributed by atoms with Crippen molar-refractivity contribution >= 4 is 22.3 Å². The minimum atomic E-state index is 0.640. The molecule has 5 nitrogen and oxygen atoms in total. The summed E-state index contributed by atoms with van der Waals surface area (Å²) in [6.07, 6.45) is 6.69. The minimum Gasteiger partial charge on any atom is -0.357 e. The van der Waals surface area contributed by atoms with E-state index in [-0.39, 0.29) is 0 Å². The van der Waals surface area contributed by atoms with Crippen molar-refractivity contribution in [3.8, 4) is 0 Å². The summed E-state index contributed by atoms with van der Waals surface area (Å²) in [6, 6.07) is 0. The predicted molar refractivity (Wildman–Crippen MR) is 87.9 cm³/mol. The van der Waals surface area contributed by atoms with E-state index in [0.717, 1.165) is 42.2 Å². The van der Waals surface area contributed by atoms with E-state index in [1.165, 1.54) is 12.8 Å². The van der Waals surface area contributed by atoms with Crippen molar-refractivity contribution < 1.29 is 0 Å². The Labute approximate surface area is 129 Å². The van der Waals surface area contributed by atoms with Crippen LogP contribution in [0.4, 0.5) is 0 Å². The summed E-state index contributed by atoms with van der Waals surface area (Å²) >= 11 is 1.66. The highest BCUT2D eigenvalue weighted by Crippen LogP contribution is 2.16. The monoisotopic (exact) mass is 305 g/mol. The molecule has 0 aliphatic carbocycles. The van der Waals surface area contributed by atoms with E-state index in [9.17, 15) is 0 Å². The van der Waals surface area contributed by atoms with Crippen LogP contribution in [0.2, 0.25) is 0 Å². The van der Waals surface area contributed by atoms with Crippen LogP contribution in [0.3, 0.4) is 0 Å². The van der Waals surface area contributed by atoms with Gasteiger partial charge in [0.2, 0.25) is 0 Å². The van der Waals surface area contributed by atoms with Crippen molar-refractivity contribution in [3.63, 3.8) is 0 Å². The summed E-state index contributed by atoms with van der Waals surface area (Å²) in [4.78, 5) is 12.8. The Balaban J connectivity index is 1.71. The molecule has 1 N–H and O–H groups in total. The van der Waals surface area contributed by atoms with Gasteiger partial charge < -0.3 is 10.2 Å². The summed E-state index contributed by atoms with van der Waals surface area (Å²) in [6.45, 7) is 8.19. The van der Waals surface area contributed by atoms with Crippen LogP contribution in [-0.2, 0) is 6.54 Å². The number of nitrogens with one attached hydrogen (secondary N) is 1. The lowest BCUT2D eigenvalue weighted by Gasteiger charge is -2.33. The number of piperidine rings is 1. The van der Waals surface area contributed by atoms with Crippen molar-refractivity contribution in [1.29, 1.82) is 0 Å². The molecule has 1 unspecified atom stereocenters. The first kappa shape index (κ1) is 14.4. The number of imidazole rings is 1. The SMILES string of the molecule is CCNC(=NCc1cn2ccsc2n1)N1CCCC(C)C1. The van der Waals surface area contributed by atoms with Crippen LogP contribution in [0.15, 0.2) is 22.8 Å². The van der Waals surface area contributed by atoms with Crippen LogP contribution in [0.1, 0.15) is 32.4 Å². The van der Waals surface area contributed by atoms with Gasteiger partial charge in [-0.1, -0.05) is 6.92 Å². The van der Waals surface area contributed by atoms with Gasteiger partial charge >= 0.3 is 0 Å². The Hall–Kier alpha value is -1.56. The van der Waals surface area contributed by atoms with E-state index in [2.05, 4.69) is 45.0 Å². The van der Waals surface area contributed by atoms with Crippen LogP contribution in [0.25, 0.3) is 4.96 Å². The molecule has 21 heavy (non-hydrogen) atoms. The molecule has 1 aliphatic rings. The summed E-state index contributed by atoms with van der Waals surface area (Å²) in [5.74, 6) is 1.78. The number of fused-ring (bicyclic) bond motifs is 1. The van der Waals surface area contributed by atoms with Crippen LogP contribution in [0, 0.1) is 5.92 Å². The first-order chi connectivity index (χ1) is 10.3. The predicted octanol–water partition coefficient (Wildman–Crippen LogP) is 2.59. The van der Waals surface area contributed by atoms with Gasteiger partial charge in [0.05, 0.1) is 12.2 Å². The van der Waals surface area contributed by atoms with Gasteiger partial charge in [0.1, 0.15) is 0 Å². The third-order valence-electron chi connectivity index (χ3n) is 3.83. The van der Waals surface area contributed by atoms with Crippen molar-refractivity contribution in [2.24, 2.45) is 10.9 Å². The second-order valence-electron chi connectivity index (χ2n) is 5.69. The van der Waals surface area contributed by atoms with E-state index < -0.39 is 0 Å². The smallest absolute Gasteiger partial charge is 0.194 e. The molecule has 1 fully saturated rings. The molecular formula is C15H23N5S. The molecule has 0 aromatic carbocycles. The van der Waals surface area contributed by atoms with Crippen molar-refractivity contribution in [3.05, 3.63) is 23.5 Å². The number of thiazole rings is 1. The molecule has 0 amide bonds. The number of hydrogen-bond acceptors (Lipinski definition) is 3. The van der Waals surface area contributed by atoms with Gasteiger partial charge in [0.15, 0.2) is 10.9 Å². The first-order valence-electron chi connectivity index (χ1n) is 7.70. The quantitative estimate of drug-likeness (QED) is 0.700. The Morgan fingerprint density at radius 2 is 2.48 bits per heavy atom. The molecule has 1 saturated heterocycles. The maximum Gasteiger partial charge on any atom is 0.194 e. The molecule has 1 aliphatic heterocycles.